The lowest BCUT2D eigenvalue weighted by atomic mass is 10.3. The summed E-state index contributed by atoms with van der Waals surface area (Å²) in [7, 11) is 0. The number of hydrogen-bond donors (Lipinski definition) is 0. The number of hydrogen-bond acceptors (Lipinski definition) is 2. The number of nitrogens with zero attached hydrogens (tertiary/aromatic N) is 3. The lowest BCUT2D eigenvalue weighted by Gasteiger charge is -1.97. The molecule has 0 atom stereocenters. The van der Waals surface area contributed by atoms with E-state index in [0.717, 1.165) is 16.7 Å². The lowest BCUT2D eigenvalue weighted by Crippen LogP contribution is -1.98. The van der Waals surface area contributed by atoms with Crippen molar-refractivity contribution in [2.75, 3.05) is 0 Å². The molecule has 0 aliphatic carbocycles. The SMILES string of the molecule is C=C/C=C(\C=C/C)n1nc2ccccc2n1. The van der Waals surface area contributed by atoms with Crippen molar-refractivity contribution in [3.63, 3.8) is 0 Å². The topological polar surface area (TPSA) is 30.7 Å². The van der Waals surface area contributed by atoms with Gasteiger partial charge in [0, 0.05) is 0 Å². The summed E-state index contributed by atoms with van der Waals surface area (Å²) < 4.78 is 0. The van der Waals surface area contributed by atoms with E-state index in [2.05, 4.69) is 16.8 Å². The van der Waals surface area contributed by atoms with Gasteiger partial charge in [-0.25, -0.2) is 0 Å². The molecule has 0 fully saturated rings. The van der Waals surface area contributed by atoms with Gasteiger partial charge in [-0.15, -0.1) is 10.2 Å². The van der Waals surface area contributed by atoms with Gasteiger partial charge in [0.15, 0.2) is 0 Å². The molecule has 0 N–H and O–H groups in total. The van der Waals surface area contributed by atoms with Crippen molar-refractivity contribution in [3.05, 3.63) is 55.1 Å². The molecule has 0 saturated heterocycles. The van der Waals surface area contributed by atoms with Crippen molar-refractivity contribution in [1.29, 1.82) is 0 Å². The first-order valence-electron chi connectivity index (χ1n) is 5.13. The van der Waals surface area contributed by atoms with Crippen LogP contribution in [0.3, 0.4) is 0 Å². The molecule has 3 heteroatoms. The molecule has 0 saturated carbocycles. The largest absolute Gasteiger partial charge is 0.150 e. The Labute approximate surface area is 94.4 Å². The first-order valence-corrected chi connectivity index (χ1v) is 5.13. The molecule has 3 nitrogen and oxygen atoms in total. The monoisotopic (exact) mass is 211 g/mol. The van der Waals surface area contributed by atoms with Crippen molar-refractivity contribution < 1.29 is 0 Å². The fraction of sp³-hybridized carbons (Fsp3) is 0.0769. The highest BCUT2D eigenvalue weighted by atomic mass is 15.5. The Balaban J connectivity index is 2.53. The molecular formula is C13H13N3. The molecule has 1 heterocycles. The maximum Gasteiger partial charge on any atom is 0.113 e. The molecule has 16 heavy (non-hydrogen) atoms. The van der Waals surface area contributed by atoms with Crippen molar-refractivity contribution in [3.8, 4) is 0 Å². The van der Waals surface area contributed by atoms with Crippen LogP contribution in [0, 0.1) is 0 Å². The number of allylic oxidation sites excluding steroid dienone is 5. The van der Waals surface area contributed by atoms with Gasteiger partial charge >= 0.3 is 0 Å². The van der Waals surface area contributed by atoms with E-state index in [9.17, 15) is 0 Å². The van der Waals surface area contributed by atoms with Gasteiger partial charge in [-0.2, -0.15) is 4.80 Å². The van der Waals surface area contributed by atoms with Crippen LogP contribution in [0.2, 0.25) is 0 Å². The second kappa shape index (κ2) is 4.57. The third kappa shape index (κ3) is 1.93. The van der Waals surface area contributed by atoms with E-state index in [1.807, 2.05) is 49.4 Å². The lowest BCUT2D eigenvalue weighted by molar-refractivity contribution is 0.791. The summed E-state index contributed by atoms with van der Waals surface area (Å²) >= 11 is 0. The predicted molar refractivity (Wildman–Crippen MR) is 66.8 cm³/mol. The second-order valence-corrected chi connectivity index (χ2v) is 3.31. The summed E-state index contributed by atoms with van der Waals surface area (Å²) in [4.78, 5) is 1.62. The molecule has 0 amide bonds. The van der Waals surface area contributed by atoms with Crippen LogP contribution >= 0.6 is 0 Å². The van der Waals surface area contributed by atoms with Gasteiger partial charge in [-0.05, 0) is 31.2 Å². The molecule has 0 spiro atoms. The van der Waals surface area contributed by atoms with Crippen LogP contribution in [0.15, 0.2) is 55.1 Å². The van der Waals surface area contributed by atoms with Crippen LogP contribution in [0.1, 0.15) is 6.92 Å². The fourth-order valence-electron chi connectivity index (χ4n) is 1.46. The van der Waals surface area contributed by atoms with Crippen molar-refractivity contribution in [1.82, 2.24) is 15.0 Å². The van der Waals surface area contributed by atoms with E-state index in [4.69, 9.17) is 0 Å². The summed E-state index contributed by atoms with van der Waals surface area (Å²) in [5.74, 6) is 0. The van der Waals surface area contributed by atoms with Crippen LogP contribution in [0.25, 0.3) is 16.7 Å². The molecule has 0 bridgehead atoms. The average molecular weight is 211 g/mol. The number of aromatic nitrogens is 3. The molecule has 80 valence electrons. The molecule has 1 aromatic heterocycles. The highest BCUT2D eigenvalue weighted by Crippen LogP contribution is 2.11. The zero-order chi connectivity index (χ0) is 11.4. The van der Waals surface area contributed by atoms with Gasteiger partial charge in [-0.3, -0.25) is 0 Å². The van der Waals surface area contributed by atoms with Crippen LogP contribution in [-0.2, 0) is 0 Å². The average Bonchev–Trinajstić information content (AvgIpc) is 2.72. The Morgan fingerprint density at radius 3 is 2.38 bits per heavy atom. The molecule has 2 aromatic rings. The van der Waals surface area contributed by atoms with E-state index >= 15 is 0 Å². The van der Waals surface area contributed by atoms with Gasteiger partial charge in [0.05, 0.1) is 5.70 Å². The molecule has 0 aliphatic rings. The number of rotatable bonds is 3. The normalized spacial score (nSPS) is 12.4. The maximum atomic E-state index is 4.39. The predicted octanol–water partition coefficient (Wildman–Crippen LogP) is 3.03. The molecule has 0 aliphatic heterocycles. The molecular weight excluding hydrogens is 198 g/mol. The van der Waals surface area contributed by atoms with Gasteiger partial charge < -0.3 is 0 Å². The van der Waals surface area contributed by atoms with Gasteiger partial charge in [0.1, 0.15) is 11.0 Å². The first-order chi connectivity index (χ1) is 7.85. The zero-order valence-electron chi connectivity index (χ0n) is 9.17. The highest BCUT2D eigenvalue weighted by Gasteiger charge is 2.02. The Kier molecular flexibility index (Phi) is 2.96. The summed E-state index contributed by atoms with van der Waals surface area (Å²) in [6, 6.07) is 7.79. The van der Waals surface area contributed by atoms with Gasteiger partial charge in [0.2, 0.25) is 0 Å². The smallest absolute Gasteiger partial charge is 0.113 e. The van der Waals surface area contributed by atoms with Crippen LogP contribution < -0.4 is 0 Å². The summed E-state index contributed by atoms with van der Waals surface area (Å²) in [5.41, 5.74) is 2.68. The maximum absolute atomic E-state index is 4.39. The van der Waals surface area contributed by atoms with Crippen LogP contribution in [0.4, 0.5) is 0 Å². The third-order valence-electron chi connectivity index (χ3n) is 2.14. The van der Waals surface area contributed by atoms with Gasteiger partial charge in [0.25, 0.3) is 0 Å². The minimum atomic E-state index is 0.891. The Hall–Kier alpha value is -2.16. The number of benzene rings is 1. The molecule has 0 radical (unpaired) electrons. The Morgan fingerprint density at radius 2 is 1.88 bits per heavy atom. The van der Waals surface area contributed by atoms with E-state index in [0.29, 0.717) is 0 Å². The summed E-state index contributed by atoms with van der Waals surface area (Å²) in [6.07, 6.45) is 7.49. The fourth-order valence-corrected chi connectivity index (χ4v) is 1.46. The van der Waals surface area contributed by atoms with Gasteiger partial charge in [-0.1, -0.05) is 30.9 Å². The summed E-state index contributed by atoms with van der Waals surface area (Å²) in [6.45, 7) is 5.64. The van der Waals surface area contributed by atoms with Crippen molar-refractivity contribution >= 4 is 16.7 Å². The quantitative estimate of drug-likeness (QED) is 0.730. The zero-order valence-corrected chi connectivity index (χ0v) is 9.17. The molecule has 2 rings (SSSR count). The minimum Gasteiger partial charge on any atom is -0.150 e. The third-order valence-corrected chi connectivity index (χ3v) is 2.14. The molecule has 1 aromatic carbocycles. The molecule has 0 unspecified atom stereocenters. The highest BCUT2D eigenvalue weighted by molar-refractivity contribution is 5.74. The minimum absolute atomic E-state index is 0.891. The van der Waals surface area contributed by atoms with E-state index in [-0.39, 0.29) is 0 Å². The standard InChI is InChI=1S/C13H13N3/c1-3-7-11(8-4-2)16-14-12-9-5-6-10-13(12)15-16/h3-10H,1H2,2H3/b8-4-,11-7+. The second-order valence-electron chi connectivity index (χ2n) is 3.31. The Bertz CT molecular complexity index is 528. The summed E-state index contributed by atoms with van der Waals surface area (Å²) in [5, 5.41) is 8.78. The van der Waals surface area contributed by atoms with E-state index < -0.39 is 0 Å². The van der Waals surface area contributed by atoms with E-state index in [1.54, 1.807) is 10.9 Å². The Morgan fingerprint density at radius 1 is 1.25 bits per heavy atom. The number of fused-ring (bicyclic) bond motifs is 1. The van der Waals surface area contributed by atoms with Crippen molar-refractivity contribution in [2.24, 2.45) is 0 Å². The van der Waals surface area contributed by atoms with E-state index in [1.165, 1.54) is 0 Å². The van der Waals surface area contributed by atoms with Crippen molar-refractivity contribution in [2.45, 2.75) is 6.92 Å². The van der Waals surface area contributed by atoms with Crippen LogP contribution in [-0.4, -0.2) is 15.0 Å². The van der Waals surface area contributed by atoms with Crippen LogP contribution in [0.5, 0.6) is 0 Å². The first kappa shape index (κ1) is 10.4.